The van der Waals surface area contributed by atoms with Crippen LogP contribution in [0.3, 0.4) is 0 Å². The second kappa shape index (κ2) is 8.86. The van der Waals surface area contributed by atoms with Crippen LogP contribution in [0.25, 0.3) is 33.8 Å². The van der Waals surface area contributed by atoms with Crippen molar-refractivity contribution in [3.8, 4) is 39.8 Å². The minimum absolute atomic E-state index is 0.113. The molecule has 0 radical (unpaired) electrons. The highest BCUT2D eigenvalue weighted by atomic mass is 16.1. The van der Waals surface area contributed by atoms with Gasteiger partial charge in [0.1, 0.15) is 11.6 Å². The molecule has 0 unspecified atom stereocenters. The highest BCUT2D eigenvalue weighted by Crippen LogP contribution is 2.32. The molecule has 5 rings (SSSR count). The summed E-state index contributed by atoms with van der Waals surface area (Å²) in [6.07, 6.45) is 0. The average Bonchev–Trinajstić information content (AvgIpc) is 3.28. The van der Waals surface area contributed by atoms with Crippen LogP contribution in [0.1, 0.15) is 11.1 Å². The van der Waals surface area contributed by atoms with E-state index in [2.05, 4.69) is 46.0 Å². The maximum Gasteiger partial charge on any atom is 0.267 e. The van der Waals surface area contributed by atoms with Crippen LogP contribution in [0.15, 0.2) is 114 Å². The monoisotopic (exact) mass is 427 g/mol. The first-order valence-corrected chi connectivity index (χ1v) is 10.8. The highest BCUT2D eigenvalue weighted by Gasteiger charge is 2.18. The van der Waals surface area contributed by atoms with E-state index in [-0.39, 0.29) is 11.1 Å². The molecule has 0 aliphatic carbocycles. The zero-order valence-corrected chi connectivity index (χ0v) is 17.9. The van der Waals surface area contributed by atoms with Crippen molar-refractivity contribution in [1.29, 1.82) is 5.26 Å². The lowest BCUT2D eigenvalue weighted by molar-refractivity contribution is 0.821. The Morgan fingerprint density at radius 1 is 0.727 bits per heavy atom. The van der Waals surface area contributed by atoms with Gasteiger partial charge in [-0.15, -0.1) is 0 Å². The number of nitrogens with one attached hydrogen (secondary N) is 1. The predicted molar refractivity (Wildman–Crippen MR) is 132 cm³/mol. The summed E-state index contributed by atoms with van der Waals surface area (Å²) >= 11 is 0. The fourth-order valence-electron chi connectivity index (χ4n) is 4.15. The first-order valence-electron chi connectivity index (χ1n) is 10.8. The van der Waals surface area contributed by atoms with Crippen LogP contribution < -0.4 is 5.56 Å². The summed E-state index contributed by atoms with van der Waals surface area (Å²) in [5.41, 5.74) is 6.00. The molecule has 0 aliphatic heterocycles. The summed E-state index contributed by atoms with van der Waals surface area (Å²) < 4.78 is 2.18. The molecule has 1 N–H and O–H groups in total. The van der Waals surface area contributed by atoms with E-state index in [0.29, 0.717) is 17.8 Å². The number of rotatable bonds is 5. The fraction of sp³-hybridized carbons (Fsp3) is 0.0345. The number of nitriles is 1. The van der Waals surface area contributed by atoms with E-state index in [1.807, 2.05) is 78.9 Å². The van der Waals surface area contributed by atoms with Gasteiger partial charge in [-0.2, -0.15) is 5.26 Å². The maximum atomic E-state index is 12.9. The van der Waals surface area contributed by atoms with Crippen molar-refractivity contribution >= 4 is 0 Å². The van der Waals surface area contributed by atoms with E-state index in [9.17, 15) is 10.1 Å². The first-order chi connectivity index (χ1) is 16.2. The third kappa shape index (κ3) is 4.00. The second-order valence-corrected chi connectivity index (χ2v) is 7.82. The molecular weight excluding hydrogens is 406 g/mol. The lowest BCUT2D eigenvalue weighted by Crippen LogP contribution is -2.14. The molecule has 0 amide bonds. The third-order valence-corrected chi connectivity index (χ3v) is 5.74. The number of nitrogens with zero attached hydrogens (tertiary/aromatic N) is 2. The molecule has 0 saturated carbocycles. The van der Waals surface area contributed by atoms with Gasteiger partial charge in [-0.05, 0) is 34.9 Å². The molecule has 0 fully saturated rings. The maximum absolute atomic E-state index is 12.9. The topological polar surface area (TPSA) is 61.6 Å². The van der Waals surface area contributed by atoms with Crippen molar-refractivity contribution in [2.75, 3.05) is 0 Å². The van der Waals surface area contributed by atoms with Gasteiger partial charge in [-0.25, -0.2) is 0 Å². The van der Waals surface area contributed by atoms with E-state index in [1.54, 1.807) is 0 Å². The average molecular weight is 428 g/mol. The van der Waals surface area contributed by atoms with E-state index in [4.69, 9.17) is 0 Å². The predicted octanol–water partition coefficient (Wildman–Crippen LogP) is 6.10. The Morgan fingerprint density at radius 2 is 1.30 bits per heavy atom. The summed E-state index contributed by atoms with van der Waals surface area (Å²) in [7, 11) is 0. The highest BCUT2D eigenvalue weighted by molar-refractivity contribution is 5.77. The van der Waals surface area contributed by atoms with Crippen LogP contribution in [0, 0.1) is 11.3 Å². The lowest BCUT2D eigenvalue weighted by atomic mass is 10.0. The zero-order valence-electron chi connectivity index (χ0n) is 17.9. The van der Waals surface area contributed by atoms with Gasteiger partial charge in [0.15, 0.2) is 0 Å². The van der Waals surface area contributed by atoms with Crippen molar-refractivity contribution < 1.29 is 0 Å². The first kappa shape index (κ1) is 20.3. The number of aromatic nitrogens is 2. The molecule has 158 valence electrons. The fourth-order valence-corrected chi connectivity index (χ4v) is 4.15. The Hall–Kier alpha value is -4.62. The largest absolute Gasteiger partial charge is 0.336 e. The summed E-state index contributed by atoms with van der Waals surface area (Å²) in [4.78, 5) is 15.8. The molecule has 5 aromatic rings. The summed E-state index contributed by atoms with van der Waals surface area (Å²) in [6, 6.07) is 38.1. The van der Waals surface area contributed by atoms with Crippen molar-refractivity contribution in [3.05, 3.63) is 131 Å². The van der Waals surface area contributed by atoms with E-state index in [0.717, 1.165) is 28.1 Å². The SMILES string of the molecule is N#Cc1c(-c2ccc(-c3ccccc3)n2Cc2ccccc2)cc(-c2ccccc2)[nH]c1=O. The molecule has 33 heavy (non-hydrogen) atoms. The van der Waals surface area contributed by atoms with Crippen LogP contribution in [-0.2, 0) is 6.54 Å². The van der Waals surface area contributed by atoms with Crippen LogP contribution in [0.2, 0.25) is 0 Å². The normalized spacial score (nSPS) is 10.6. The molecule has 0 saturated heterocycles. The van der Waals surface area contributed by atoms with E-state index >= 15 is 0 Å². The molecular formula is C29H21N3O. The van der Waals surface area contributed by atoms with Crippen LogP contribution >= 0.6 is 0 Å². The number of benzene rings is 3. The van der Waals surface area contributed by atoms with Crippen molar-refractivity contribution in [3.63, 3.8) is 0 Å². The van der Waals surface area contributed by atoms with Gasteiger partial charge in [-0.1, -0.05) is 91.0 Å². The number of hydrogen-bond acceptors (Lipinski definition) is 2. The van der Waals surface area contributed by atoms with Crippen molar-refractivity contribution in [1.82, 2.24) is 9.55 Å². The van der Waals surface area contributed by atoms with Gasteiger partial charge in [0.2, 0.25) is 0 Å². The molecule has 4 heteroatoms. The Labute approximate surface area is 192 Å². The Bertz CT molecular complexity index is 1490. The van der Waals surface area contributed by atoms with Crippen LogP contribution in [-0.4, -0.2) is 9.55 Å². The molecule has 3 aromatic carbocycles. The number of pyridine rings is 1. The van der Waals surface area contributed by atoms with Gasteiger partial charge in [0.05, 0.1) is 5.69 Å². The van der Waals surface area contributed by atoms with Crippen LogP contribution in [0.4, 0.5) is 0 Å². The number of hydrogen-bond donors (Lipinski definition) is 1. The standard InChI is InChI=1S/C29H21N3O/c30-19-25-24(18-26(31-29(25)33)22-12-6-2-7-13-22)28-17-16-27(23-14-8-3-9-15-23)32(28)20-21-10-4-1-5-11-21/h1-18H,20H2,(H,31,33). The van der Waals surface area contributed by atoms with Gasteiger partial charge in [-0.3, -0.25) is 4.79 Å². The lowest BCUT2D eigenvalue weighted by Gasteiger charge is -2.16. The molecule has 0 spiro atoms. The smallest absolute Gasteiger partial charge is 0.267 e. The van der Waals surface area contributed by atoms with Crippen molar-refractivity contribution in [2.24, 2.45) is 0 Å². The van der Waals surface area contributed by atoms with Gasteiger partial charge in [0, 0.05) is 23.5 Å². The minimum atomic E-state index is -0.387. The van der Waals surface area contributed by atoms with Crippen molar-refractivity contribution in [2.45, 2.75) is 6.54 Å². The van der Waals surface area contributed by atoms with Gasteiger partial charge < -0.3 is 9.55 Å². The summed E-state index contributed by atoms with van der Waals surface area (Å²) in [5.74, 6) is 0. The van der Waals surface area contributed by atoms with E-state index < -0.39 is 0 Å². The zero-order chi connectivity index (χ0) is 22.6. The Balaban J connectivity index is 1.74. The summed E-state index contributed by atoms with van der Waals surface area (Å²) in [5, 5.41) is 9.85. The second-order valence-electron chi connectivity index (χ2n) is 7.82. The molecule has 2 aromatic heterocycles. The van der Waals surface area contributed by atoms with Gasteiger partial charge in [0.25, 0.3) is 5.56 Å². The van der Waals surface area contributed by atoms with Crippen LogP contribution in [0.5, 0.6) is 0 Å². The third-order valence-electron chi connectivity index (χ3n) is 5.74. The number of H-pyrrole nitrogens is 1. The Kier molecular flexibility index (Phi) is 5.45. The van der Waals surface area contributed by atoms with Gasteiger partial charge >= 0.3 is 0 Å². The summed E-state index contributed by atoms with van der Waals surface area (Å²) in [6.45, 7) is 0.617. The molecule has 0 atom stereocenters. The minimum Gasteiger partial charge on any atom is -0.336 e. The molecule has 2 heterocycles. The molecule has 0 bridgehead atoms. The molecule has 4 nitrogen and oxygen atoms in total. The number of aromatic amines is 1. The quantitative estimate of drug-likeness (QED) is 0.368. The van der Waals surface area contributed by atoms with E-state index in [1.165, 1.54) is 0 Å². The molecule has 0 aliphatic rings. The Morgan fingerprint density at radius 3 is 1.94 bits per heavy atom.